The third-order valence-electron chi connectivity index (χ3n) is 5.75. The predicted octanol–water partition coefficient (Wildman–Crippen LogP) is 5.61. The first kappa shape index (κ1) is 20.1. The van der Waals surface area contributed by atoms with Gasteiger partial charge >= 0.3 is 0 Å². The van der Waals surface area contributed by atoms with Crippen LogP contribution in [-0.2, 0) is 0 Å². The van der Waals surface area contributed by atoms with E-state index in [0.717, 1.165) is 44.6 Å². The molecule has 158 valence electrons. The number of fused-ring (bicyclic) bond motifs is 3. The first-order valence-electron chi connectivity index (χ1n) is 10.2. The Labute approximate surface area is 190 Å². The lowest BCUT2D eigenvalue weighted by Crippen LogP contribution is -2.00. The molecule has 0 atom stereocenters. The van der Waals surface area contributed by atoms with E-state index in [4.69, 9.17) is 9.47 Å². The summed E-state index contributed by atoms with van der Waals surface area (Å²) < 4.78 is 13.1. The monoisotopic (exact) mass is 430 g/mol. The molecule has 2 aromatic heterocycles. The van der Waals surface area contributed by atoms with Crippen LogP contribution in [0.2, 0.25) is 0 Å². The topological polar surface area (TPSA) is 83.9 Å². The molecule has 0 bridgehead atoms. The third-order valence-corrected chi connectivity index (χ3v) is 5.75. The van der Waals surface area contributed by atoms with Gasteiger partial charge in [-0.05, 0) is 66.7 Å². The van der Waals surface area contributed by atoms with E-state index in [-0.39, 0.29) is 0 Å². The second-order valence-corrected chi connectivity index (χ2v) is 7.46. The summed E-state index contributed by atoms with van der Waals surface area (Å²) in [6.07, 6.45) is 1.59. The van der Waals surface area contributed by atoms with E-state index in [2.05, 4.69) is 21.7 Å². The highest BCUT2D eigenvalue weighted by Gasteiger charge is 2.19. The van der Waals surface area contributed by atoms with E-state index < -0.39 is 0 Å². The fourth-order valence-corrected chi connectivity index (χ4v) is 4.22. The predicted molar refractivity (Wildman–Crippen MR) is 127 cm³/mol. The largest absolute Gasteiger partial charge is 0.497 e. The van der Waals surface area contributed by atoms with Gasteiger partial charge in [0.15, 0.2) is 0 Å². The maximum absolute atomic E-state index is 9.67. The van der Waals surface area contributed by atoms with Crippen molar-refractivity contribution in [1.82, 2.24) is 9.55 Å². The average Bonchev–Trinajstić information content (AvgIpc) is 3.20. The Morgan fingerprint density at radius 1 is 0.758 bits per heavy atom. The number of nitrogens with zero attached hydrogens (tertiary/aromatic N) is 4. The van der Waals surface area contributed by atoms with E-state index in [1.165, 1.54) is 0 Å². The van der Waals surface area contributed by atoms with Gasteiger partial charge in [0.1, 0.15) is 23.3 Å². The van der Waals surface area contributed by atoms with Crippen LogP contribution >= 0.6 is 0 Å². The number of aromatic nitrogens is 2. The zero-order chi connectivity index (χ0) is 22.9. The summed E-state index contributed by atoms with van der Waals surface area (Å²) in [5, 5.41) is 21.2. The standard InChI is InChI=1S/C27H18N4O2/c1-32-18-6-9-26-22(13-18)23-14-19(33-2)7-10-27(23)31(26)25-8-5-17(15-28)12-21(25)20-4-3-11-30-24(20)16-29/h3-14H,1-2H3. The van der Waals surface area contributed by atoms with Crippen LogP contribution in [0.5, 0.6) is 11.5 Å². The highest BCUT2D eigenvalue weighted by molar-refractivity contribution is 6.10. The maximum Gasteiger partial charge on any atom is 0.148 e. The molecule has 0 saturated carbocycles. The van der Waals surface area contributed by atoms with Gasteiger partial charge in [-0.2, -0.15) is 10.5 Å². The average molecular weight is 430 g/mol. The minimum atomic E-state index is 0.304. The lowest BCUT2D eigenvalue weighted by atomic mass is 9.99. The number of methoxy groups -OCH3 is 2. The van der Waals surface area contributed by atoms with Gasteiger partial charge in [0.05, 0.1) is 42.6 Å². The van der Waals surface area contributed by atoms with Gasteiger partial charge in [0.25, 0.3) is 0 Å². The first-order chi connectivity index (χ1) is 16.2. The number of pyridine rings is 1. The fraction of sp³-hybridized carbons (Fsp3) is 0.0741. The molecule has 0 aliphatic heterocycles. The van der Waals surface area contributed by atoms with Crippen molar-refractivity contribution in [2.45, 2.75) is 0 Å². The Hall–Kier alpha value is -4.81. The SMILES string of the molecule is COc1ccc2c(c1)c1cc(OC)ccc1n2-c1ccc(C#N)cc1-c1cccnc1C#N. The number of hydrogen-bond acceptors (Lipinski definition) is 5. The normalized spacial score (nSPS) is 10.7. The summed E-state index contributed by atoms with van der Waals surface area (Å²) >= 11 is 0. The molecule has 6 heteroatoms. The summed E-state index contributed by atoms with van der Waals surface area (Å²) in [5.74, 6) is 1.51. The molecule has 0 N–H and O–H groups in total. The molecule has 0 unspecified atom stereocenters. The first-order valence-corrected chi connectivity index (χ1v) is 10.2. The van der Waals surface area contributed by atoms with E-state index >= 15 is 0 Å². The highest BCUT2D eigenvalue weighted by Crippen LogP contribution is 2.39. The quantitative estimate of drug-likeness (QED) is 0.370. The van der Waals surface area contributed by atoms with Crippen molar-refractivity contribution in [3.8, 4) is 40.5 Å². The molecule has 6 nitrogen and oxygen atoms in total. The van der Waals surface area contributed by atoms with Crippen LogP contribution in [0.1, 0.15) is 11.3 Å². The van der Waals surface area contributed by atoms with Crippen LogP contribution in [0.4, 0.5) is 0 Å². The van der Waals surface area contributed by atoms with E-state index in [1.54, 1.807) is 38.6 Å². The van der Waals surface area contributed by atoms with Crippen molar-refractivity contribution >= 4 is 21.8 Å². The lowest BCUT2D eigenvalue weighted by Gasteiger charge is -2.15. The molecule has 0 saturated heterocycles. The zero-order valence-corrected chi connectivity index (χ0v) is 18.0. The molecule has 0 spiro atoms. The van der Waals surface area contributed by atoms with Crippen LogP contribution in [0.3, 0.4) is 0 Å². The Morgan fingerprint density at radius 2 is 1.42 bits per heavy atom. The maximum atomic E-state index is 9.67. The summed E-state index contributed by atoms with van der Waals surface area (Å²) in [6.45, 7) is 0. The van der Waals surface area contributed by atoms with Gasteiger partial charge in [-0.15, -0.1) is 0 Å². The molecule has 0 aliphatic carbocycles. The molecule has 0 amide bonds. The van der Waals surface area contributed by atoms with Gasteiger partial charge in [-0.1, -0.05) is 0 Å². The smallest absolute Gasteiger partial charge is 0.148 e. The molecule has 0 aliphatic rings. The molecular formula is C27H18N4O2. The number of ether oxygens (including phenoxy) is 2. The van der Waals surface area contributed by atoms with Gasteiger partial charge in [-0.25, -0.2) is 4.98 Å². The Balaban J connectivity index is 1.92. The Morgan fingerprint density at radius 3 is 2.00 bits per heavy atom. The van der Waals surface area contributed by atoms with Crippen molar-refractivity contribution in [3.63, 3.8) is 0 Å². The number of benzene rings is 3. The molecule has 0 radical (unpaired) electrons. The van der Waals surface area contributed by atoms with E-state index in [0.29, 0.717) is 16.8 Å². The highest BCUT2D eigenvalue weighted by atomic mass is 16.5. The lowest BCUT2D eigenvalue weighted by molar-refractivity contribution is 0.415. The van der Waals surface area contributed by atoms with Gasteiger partial charge < -0.3 is 14.0 Å². The molecular weight excluding hydrogens is 412 g/mol. The minimum absolute atomic E-state index is 0.304. The second-order valence-electron chi connectivity index (χ2n) is 7.46. The minimum Gasteiger partial charge on any atom is -0.497 e. The van der Waals surface area contributed by atoms with Crippen LogP contribution in [0.25, 0.3) is 38.6 Å². The number of nitriles is 2. The van der Waals surface area contributed by atoms with Crippen molar-refractivity contribution < 1.29 is 9.47 Å². The van der Waals surface area contributed by atoms with Gasteiger partial charge in [-0.3, -0.25) is 0 Å². The Kier molecular flexibility index (Phi) is 4.89. The molecule has 2 heterocycles. The van der Waals surface area contributed by atoms with Crippen LogP contribution in [-0.4, -0.2) is 23.8 Å². The van der Waals surface area contributed by atoms with Gasteiger partial charge in [0, 0.05) is 28.1 Å². The molecule has 33 heavy (non-hydrogen) atoms. The van der Waals surface area contributed by atoms with Crippen molar-refractivity contribution in [2.75, 3.05) is 14.2 Å². The van der Waals surface area contributed by atoms with E-state index in [9.17, 15) is 10.5 Å². The Bertz CT molecular complexity index is 1560. The van der Waals surface area contributed by atoms with Crippen LogP contribution in [0, 0.1) is 22.7 Å². The van der Waals surface area contributed by atoms with Crippen LogP contribution in [0.15, 0.2) is 72.9 Å². The fourth-order valence-electron chi connectivity index (χ4n) is 4.22. The zero-order valence-electron chi connectivity index (χ0n) is 18.0. The van der Waals surface area contributed by atoms with Crippen molar-refractivity contribution in [3.05, 3.63) is 84.2 Å². The van der Waals surface area contributed by atoms with Crippen molar-refractivity contribution in [2.24, 2.45) is 0 Å². The molecule has 5 aromatic rings. The number of rotatable bonds is 4. The van der Waals surface area contributed by atoms with Gasteiger partial charge in [0.2, 0.25) is 0 Å². The van der Waals surface area contributed by atoms with E-state index in [1.807, 2.05) is 48.5 Å². The summed E-state index contributed by atoms with van der Waals surface area (Å²) in [4.78, 5) is 4.24. The molecule has 0 fully saturated rings. The number of hydrogen-bond donors (Lipinski definition) is 0. The third kappa shape index (κ3) is 3.22. The molecule has 3 aromatic carbocycles. The summed E-state index contributed by atoms with van der Waals surface area (Å²) in [6, 6.07) is 25.4. The second kappa shape index (κ2) is 8.03. The van der Waals surface area contributed by atoms with Crippen molar-refractivity contribution in [1.29, 1.82) is 10.5 Å². The summed E-state index contributed by atoms with van der Waals surface area (Å²) in [7, 11) is 3.29. The van der Waals surface area contributed by atoms with Crippen LogP contribution < -0.4 is 9.47 Å². The molecule has 5 rings (SSSR count). The summed E-state index contributed by atoms with van der Waals surface area (Å²) in [5.41, 5.74) is 5.01.